The highest BCUT2D eigenvalue weighted by Gasteiger charge is 2.34. The molecule has 0 N–H and O–H groups in total. The Kier molecular flexibility index (Phi) is 6.28. The molecule has 3 aromatic carbocycles. The van der Waals surface area contributed by atoms with Gasteiger partial charge < -0.3 is 9.30 Å². The predicted octanol–water partition coefficient (Wildman–Crippen LogP) is 5.17. The Morgan fingerprint density at radius 2 is 1.62 bits per heavy atom. The minimum Gasteiger partial charge on any atom is -0.495 e. The monoisotopic (exact) mass is 490 g/mol. The third-order valence-corrected chi connectivity index (χ3v) is 7.03. The van der Waals surface area contributed by atoms with E-state index in [0.29, 0.717) is 5.92 Å². The van der Waals surface area contributed by atoms with Crippen molar-refractivity contribution in [3.8, 4) is 22.7 Å². The van der Waals surface area contributed by atoms with Crippen molar-refractivity contribution in [1.29, 1.82) is 0 Å². The first kappa shape index (κ1) is 23.2. The van der Waals surface area contributed by atoms with Crippen LogP contribution in [-0.4, -0.2) is 49.6 Å². The number of ether oxygens (including phenoxy) is 1. The molecule has 1 fully saturated rings. The Labute approximate surface area is 217 Å². The summed E-state index contributed by atoms with van der Waals surface area (Å²) < 4.78 is 9.60. The summed E-state index contributed by atoms with van der Waals surface area (Å²) in [5, 5.41) is 8.89. The molecule has 37 heavy (non-hydrogen) atoms. The lowest BCUT2D eigenvalue weighted by Gasteiger charge is -2.44. The lowest BCUT2D eigenvalue weighted by molar-refractivity contribution is 0.0557. The maximum Gasteiger partial charge on any atom is 0.143 e. The van der Waals surface area contributed by atoms with E-state index in [1.54, 1.807) is 13.4 Å². The van der Waals surface area contributed by atoms with Gasteiger partial charge in [0.05, 0.1) is 37.1 Å². The van der Waals surface area contributed by atoms with Crippen LogP contribution < -0.4 is 4.74 Å². The highest BCUT2D eigenvalue weighted by molar-refractivity contribution is 5.64. The minimum absolute atomic E-state index is 0.273. The number of imidazole rings is 1. The fraction of sp³-hybridized carbons (Fsp3) is 0.233. The zero-order chi connectivity index (χ0) is 25.2. The van der Waals surface area contributed by atoms with Crippen LogP contribution in [0.2, 0.25) is 0 Å². The highest BCUT2D eigenvalue weighted by Crippen LogP contribution is 2.35. The van der Waals surface area contributed by atoms with Gasteiger partial charge in [-0.3, -0.25) is 9.58 Å². The first-order valence-corrected chi connectivity index (χ1v) is 12.6. The van der Waals surface area contributed by atoms with E-state index in [1.165, 1.54) is 11.1 Å². The van der Waals surface area contributed by atoms with Gasteiger partial charge in [-0.2, -0.15) is 0 Å². The van der Waals surface area contributed by atoms with Crippen molar-refractivity contribution in [2.45, 2.75) is 19.5 Å². The van der Waals surface area contributed by atoms with Gasteiger partial charge in [0.1, 0.15) is 11.4 Å². The smallest absolute Gasteiger partial charge is 0.143 e. The molecule has 5 aromatic rings. The van der Waals surface area contributed by atoms with E-state index >= 15 is 0 Å². The van der Waals surface area contributed by atoms with Crippen molar-refractivity contribution in [3.05, 3.63) is 114 Å². The van der Waals surface area contributed by atoms with Crippen molar-refractivity contribution in [3.63, 3.8) is 0 Å². The fourth-order valence-electron chi connectivity index (χ4n) is 5.21. The zero-order valence-electron chi connectivity index (χ0n) is 21.1. The van der Waals surface area contributed by atoms with Crippen molar-refractivity contribution >= 4 is 0 Å². The number of rotatable bonds is 8. The van der Waals surface area contributed by atoms with Gasteiger partial charge >= 0.3 is 0 Å². The Balaban J connectivity index is 1.14. The normalized spacial score (nSPS) is 14.1. The molecule has 0 atom stereocenters. The Morgan fingerprint density at radius 3 is 2.24 bits per heavy atom. The van der Waals surface area contributed by atoms with Crippen molar-refractivity contribution in [2.24, 2.45) is 5.92 Å². The molecule has 1 saturated heterocycles. The van der Waals surface area contributed by atoms with E-state index in [4.69, 9.17) is 4.74 Å². The number of benzene rings is 3. The molecular formula is C30H30N6O. The average Bonchev–Trinajstić information content (AvgIpc) is 3.57. The van der Waals surface area contributed by atoms with E-state index in [2.05, 4.69) is 86.9 Å². The summed E-state index contributed by atoms with van der Waals surface area (Å²) in [4.78, 5) is 6.87. The van der Waals surface area contributed by atoms with E-state index in [9.17, 15) is 0 Å². The standard InChI is InChI=1S/C30H30N6O/c1-22-16-35(21-31-22)28-14-13-26(15-29(28)37-2)27-20-36(33-32-27)19-23-17-34(18-23)30(24-9-5-3-6-10-24)25-11-7-4-8-12-25/h3-16,20-21,23,30H,17-19H2,1-2H3. The Hall–Kier alpha value is -4.23. The number of aromatic nitrogens is 5. The first-order chi connectivity index (χ1) is 18.2. The van der Waals surface area contributed by atoms with Gasteiger partial charge in [0.2, 0.25) is 0 Å². The SMILES string of the molecule is COc1cc(-c2cn(CC3CN(C(c4ccccc4)c4ccccc4)C3)nn2)ccc1-n1cnc(C)c1. The van der Waals surface area contributed by atoms with Crippen LogP contribution in [-0.2, 0) is 6.54 Å². The fourth-order valence-corrected chi connectivity index (χ4v) is 5.21. The third-order valence-electron chi connectivity index (χ3n) is 7.03. The lowest BCUT2D eigenvalue weighted by Crippen LogP contribution is -2.50. The maximum absolute atomic E-state index is 5.67. The van der Waals surface area contributed by atoms with Gasteiger partial charge in [-0.05, 0) is 30.2 Å². The zero-order valence-corrected chi connectivity index (χ0v) is 21.1. The van der Waals surface area contributed by atoms with Crippen LogP contribution in [0.15, 0.2) is 97.6 Å². The van der Waals surface area contributed by atoms with Gasteiger partial charge in [-0.1, -0.05) is 71.9 Å². The summed E-state index contributed by atoms with van der Waals surface area (Å²) >= 11 is 0. The van der Waals surface area contributed by atoms with E-state index in [-0.39, 0.29) is 6.04 Å². The molecule has 7 nitrogen and oxygen atoms in total. The lowest BCUT2D eigenvalue weighted by atomic mass is 9.90. The number of likely N-dealkylation sites (tertiary alicyclic amines) is 1. The largest absolute Gasteiger partial charge is 0.495 e. The van der Waals surface area contributed by atoms with E-state index in [0.717, 1.165) is 48.0 Å². The molecule has 1 aliphatic heterocycles. The molecule has 0 radical (unpaired) electrons. The molecule has 0 bridgehead atoms. The summed E-state index contributed by atoms with van der Waals surface area (Å²) in [7, 11) is 1.68. The quantitative estimate of drug-likeness (QED) is 0.300. The van der Waals surface area contributed by atoms with Crippen LogP contribution in [0.4, 0.5) is 0 Å². The van der Waals surface area contributed by atoms with Crippen molar-refractivity contribution in [2.75, 3.05) is 20.2 Å². The number of methoxy groups -OCH3 is 1. The van der Waals surface area contributed by atoms with Crippen LogP contribution in [0.5, 0.6) is 5.75 Å². The molecule has 6 rings (SSSR count). The molecule has 3 heterocycles. The second-order valence-corrected chi connectivity index (χ2v) is 9.68. The van der Waals surface area contributed by atoms with Crippen LogP contribution in [0.25, 0.3) is 16.9 Å². The van der Waals surface area contributed by atoms with Crippen LogP contribution in [0, 0.1) is 12.8 Å². The Morgan fingerprint density at radius 1 is 0.919 bits per heavy atom. The highest BCUT2D eigenvalue weighted by atomic mass is 16.5. The molecular weight excluding hydrogens is 460 g/mol. The maximum atomic E-state index is 5.67. The minimum atomic E-state index is 0.273. The van der Waals surface area contributed by atoms with E-state index in [1.807, 2.05) is 40.7 Å². The molecule has 0 aliphatic carbocycles. The topological polar surface area (TPSA) is 61.0 Å². The van der Waals surface area contributed by atoms with Gasteiger partial charge in [0, 0.05) is 37.3 Å². The van der Waals surface area contributed by atoms with Crippen LogP contribution in [0.1, 0.15) is 22.9 Å². The number of hydrogen-bond donors (Lipinski definition) is 0. The summed E-state index contributed by atoms with van der Waals surface area (Å²) in [5.74, 6) is 1.30. The second-order valence-electron chi connectivity index (χ2n) is 9.68. The molecule has 0 unspecified atom stereocenters. The predicted molar refractivity (Wildman–Crippen MR) is 144 cm³/mol. The second kappa shape index (κ2) is 10.0. The van der Waals surface area contributed by atoms with Gasteiger partial charge in [-0.15, -0.1) is 5.10 Å². The summed E-state index contributed by atoms with van der Waals surface area (Å²) in [6.45, 7) is 4.87. The summed E-state index contributed by atoms with van der Waals surface area (Å²) in [6, 6.07) is 27.9. The van der Waals surface area contributed by atoms with E-state index < -0.39 is 0 Å². The number of nitrogens with zero attached hydrogens (tertiary/aromatic N) is 6. The molecule has 0 amide bonds. The van der Waals surface area contributed by atoms with Crippen molar-refractivity contribution in [1.82, 2.24) is 29.4 Å². The molecule has 1 aliphatic rings. The number of aryl methyl sites for hydroxylation is 1. The average molecular weight is 491 g/mol. The van der Waals surface area contributed by atoms with Crippen molar-refractivity contribution < 1.29 is 4.74 Å². The molecule has 2 aromatic heterocycles. The van der Waals surface area contributed by atoms with Gasteiger partial charge in [-0.25, -0.2) is 4.98 Å². The summed E-state index contributed by atoms with van der Waals surface area (Å²) in [5.41, 5.74) is 6.39. The molecule has 7 heteroatoms. The first-order valence-electron chi connectivity index (χ1n) is 12.6. The number of hydrogen-bond acceptors (Lipinski definition) is 5. The molecule has 186 valence electrons. The molecule has 0 spiro atoms. The molecule has 0 saturated carbocycles. The summed E-state index contributed by atoms with van der Waals surface area (Å²) in [6.07, 6.45) is 5.81. The van der Waals surface area contributed by atoms with Gasteiger partial charge in [0.15, 0.2) is 0 Å². The Bertz CT molecular complexity index is 1430. The third kappa shape index (κ3) is 4.78. The van der Waals surface area contributed by atoms with Crippen LogP contribution in [0.3, 0.4) is 0 Å². The van der Waals surface area contributed by atoms with Crippen LogP contribution >= 0.6 is 0 Å². The van der Waals surface area contributed by atoms with Gasteiger partial charge in [0.25, 0.3) is 0 Å².